The number of rotatable bonds is 5. The van der Waals surface area contributed by atoms with Crippen molar-refractivity contribution in [1.29, 1.82) is 0 Å². The summed E-state index contributed by atoms with van der Waals surface area (Å²) in [7, 11) is 0. The third-order valence-electron chi connectivity index (χ3n) is 5.21. The number of piperidine rings is 1. The molecule has 0 bridgehead atoms. The summed E-state index contributed by atoms with van der Waals surface area (Å²) in [5.74, 6) is -1.10. The first-order chi connectivity index (χ1) is 13.6. The highest BCUT2D eigenvalue weighted by molar-refractivity contribution is 5.94. The van der Waals surface area contributed by atoms with Crippen LogP contribution < -0.4 is 5.32 Å². The normalized spacial score (nSPS) is 17.5. The predicted octanol–water partition coefficient (Wildman–Crippen LogP) is 3.57. The number of aromatic amines is 1. The fourth-order valence-electron chi connectivity index (χ4n) is 3.84. The van der Waals surface area contributed by atoms with Crippen LogP contribution in [0.4, 0.5) is 5.69 Å². The number of nitrogens with one attached hydrogen (secondary N) is 2. The molecule has 6 heteroatoms. The van der Waals surface area contributed by atoms with Crippen molar-refractivity contribution < 1.29 is 14.7 Å². The number of carboxylic acids is 1. The average molecular weight is 377 g/mol. The largest absolute Gasteiger partial charge is 0.480 e. The second kappa shape index (κ2) is 7.86. The summed E-state index contributed by atoms with van der Waals surface area (Å²) in [6.45, 7) is 1.20. The molecule has 3 aromatic rings. The maximum atomic E-state index is 12.7. The molecule has 6 nitrogen and oxygen atoms in total. The van der Waals surface area contributed by atoms with E-state index in [-0.39, 0.29) is 18.4 Å². The van der Waals surface area contributed by atoms with E-state index in [1.54, 1.807) is 0 Å². The molecule has 1 aromatic heterocycles. The molecule has 1 aliphatic heterocycles. The molecule has 4 rings (SSSR count). The van der Waals surface area contributed by atoms with E-state index < -0.39 is 5.97 Å². The number of carbonyl (C=O) groups is 2. The van der Waals surface area contributed by atoms with Crippen LogP contribution in [0.1, 0.15) is 12.8 Å². The zero-order chi connectivity index (χ0) is 19.5. The fraction of sp³-hybridized carbons (Fsp3) is 0.273. The van der Waals surface area contributed by atoms with Crippen molar-refractivity contribution >= 4 is 28.5 Å². The van der Waals surface area contributed by atoms with Crippen LogP contribution in [-0.4, -0.2) is 46.5 Å². The lowest BCUT2D eigenvalue weighted by Crippen LogP contribution is -2.42. The van der Waals surface area contributed by atoms with E-state index in [1.165, 1.54) is 0 Å². The van der Waals surface area contributed by atoms with Crippen molar-refractivity contribution in [3.8, 4) is 11.3 Å². The zero-order valence-electron chi connectivity index (χ0n) is 15.5. The minimum absolute atomic E-state index is 0.0142. The Labute approximate surface area is 163 Å². The summed E-state index contributed by atoms with van der Waals surface area (Å²) >= 11 is 0. The number of H-pyrrole nitrogens is 1. The molecule has 1 fully saturated rings. The molecule has 0 saturated carbocycles. The quantitative estimate of drug-likeness (QED) is 0.635. The first-order valence-electron chi connectivity index (χ1n) is 9.52. The highest BCUT2D eigenvalue weighted by atomic mass is 16.4. The minimum Gasteiger partial charge on any atom is -0.480 e. The Morgan fingerprint density at radius 3 is 2.82 bits per heavy atom. The zero-order valence-corrected chi connectivity index (χ0v) is 15.5. The number of carbonyl (C=O) groups excluding carboxylic acids is 1. The number of benzene rings is 2. The van der Waals surface area contributed by atoms with E-state index in [2.05, 4.69) is 22.4 Å². The lowest BCUT2D eigenvalue weighted by molar-refractivity contribution is -0.139. The molecule has 2 heterocycles. The van der Waals surface area contributed by atoms with Crippen LogP contribution in [-0.2, 0) is 9.59 Å². The Morgan fingerprint density at radius 2 is 2.00 bits per heavy atom. The van der Waals surface area contributed by atoms with Gasteiger partial charge in [-0.1, -0.05) is 30.3 Å². The molecule has 0 aliphatic carbocycles. The number of fused-ring (bicyclic) bond motifs is 1. The van der Waals surface area contributed by atoms with Gasteiger partial charge in [0.2, 0.25) is 5.91 Å². The molecule has 0 radical (unpaired) electrons. The van der Waals surface area contributed by atoms with E-state index in [0.29, 0.717) is 6.54 Å². The van der Waals surface area contributed by atoms with Gasteiger partial charge in [-0.05, 0) is 43.7 Å². The molecule has 2 aromatic carbocycles. The van der Waals surface area contributed by atoms with E-state index in [4.69, 9.17) is 5.11 Å². The van der Waals surface area contributed by atoms with Crippen LogP contribution in [0.2, 0.25) is 0 Å². The van der Waals surface area contributed by atoms with Crippen molar-refractivity contribution in [3.63, 3.8) is 0 Å². The predicted molar refractivity (Wildman–Crippen MR) is 109 cm³/mol. The van der Waals surface area contributed by atoms with E-state index >= 15 is 0 Å². The number of carboxylic acid groups (broad SMARTS) is 1. The molecular weight excluding hydrogens is 354 g/mol. The van der Waals surface area contributed by atoms with Gasteiger partial charge in [0.1, 0.15) is 0 Å². The minimum atomic E-state index is -0.855. The maximum Gasteiger partial charge on any atom is 0.317 e. The van der Waals surface area contributed by atoms with Crippen molar-refractivity contribution in [3.05, 3.63) is 54.6 Å². The van der Waals surface area contributed by atoms with Gasteiger partial charge in [-0.3, -0.25) is 14.5 Å². The number of amides is 1. The van der Waals surface area contributed by atoms with Crippen molar-refractivity contribution in [2.24, 2.45) is 5.92 Å². The summed E-state index contributed by atoms with van der Waals surface area (Å²) in [4.78, 5) is 28.9. The van der Waals surface area contributed by atoms with Gasteiger partial charge in [0, 0.05) is 34.4 Å². The highest BCUT2D eigenvalue weighted by Crippen LogP contribution is 2.26. The Hall–Kier alpha value is -3.12. The first-order valence-corrected chi connectivity index (χ1v) is 9.52. The number of para-hydroxylation sites is 1. The SMILES string of the molecule is O=C(O)CN1CCC[C@H](C(=O)Nc2cccc(-c3cc4ccccc4[nH]3)c2)C1. The average Bonchev–Trinajstić information content (AvgIpc) is 3.12. The number of likely N-dealkylation sites (tertiary alicyclic amines) is 1. The summed E-state index contributed by atoms with van der Waals surface area (Å²) in [6, 6.07) is 18.0. The van der Waals surface area contributed by atoms with E-state index in [1.807, 2.05) is 47.4 Å². The lowest BCUT2D eigenvalue weighted by Gasteiger charge is -2.30. The molecule has 1 aliphatic rings. The van der Waals surface area contributed by atoms with Gasteiger partial charge in [0.05, 0.1) is 12.5 Å². The number of hydrogen-bond acceptors (Lipinski definition) is 3. The van der Waals surface area contributed by atoms with Crippen LogP contribution in [0.5, 0.6) is 0 Å². The van der Waals surface area contributed by atoms with Gasteiger partial charge in [0.15, 0.2) is 0 Å². The summed E-state index contributed by atoms with van der Waals surface area (Å²) < 4.78 is 0. The van der Waals surface area contributed by atoms with Gasteiger partial charge in [-0.15, -0.1) is 0 Å². The van der Waals surface area contributed by atoms with Crippen molar-refractivity contribution in [1.82, 2.24) is 9.88 Å². The Bertz CT molecular complexity index is 978. The smallest absolute Gasteiger partial charge is 0.317 e. The van der Waals surface area contributed by atoms with Crippen LogP contribution >= 0.6 is 0 Å². The standard InChI is InChI=1S/C22H23N3O3/c26-21(27)14-25-10-4-7-17(13-25)22(28)23-18-8-3-6-15(11-18)20-12-16-5-1-2-9-19(16)24-20/h1-3,5-6,8-9,11-12,17,24H,4,7,10,13-14H2,(H,23,28)(H,26,27)/t17-/m0/s1. The second-order valence-corrected chi connectivity index (χ2v) is 7.31. The molecule has 3 N–H and O–H groups in total. The first kappa shape index (κ1) is 18.3. The summed E-state index contributed by atoms with van der Waals surface area (Å²) in [5.41, 5.74) is 3.83. The van der Waals surface area contributed by atoms with E-state index in [0.717, 1.165) is 47.2 Å². The van der Waals surface area contributed by atoms with Gasteiger partial charge < -0.3 is 15.4 Å². The molecule has 144 valence electrons. The summed E-state index contributed by atoms with van der Waals surface area (Å²) in [5, 5.41) is 13.1. The van der Waals surface area contributed by atoms with E-state index in [9.17, 15) is 9.59 Å². The maximum absolute atomic E-state index is 12.7. The number of anilines is 1. The molecule has 1 atom stereocenters. The second-order valence-electron chi connectivity index (χ2n) is 7.31. The van der Waals surface area contributed by atoms with Gasteiger partial charge in [-0.25, -0.2) is 0 Å². The molecular formula is C22H23N3O3. The molecule has 0 unspecified atom stereocenters. The summed E-state index contributed by atoms with van der Waals surface area (Å²) in [6.07, 6.45) is 1.62. The Balaban J connectivity index is 1.47. The Morgan fingerprint density at radius 1 is 1.14 bits per heavy atom. The third kappa shape index (κ3) is 4.07. The van der Waals surface area contributed by atoms with Gasteiger partial charge >= 0.3 is 5.97 Å². The number of aromatic nitrogens is 1. The topological polar surface area (TPSA) is 85.4 Å². The number of aliphatic carboxylic acids is 1. The Kier molecular flexibility index (Phi) is 5.12. The van der Waals surface area contributed by atoms with Crippen LogP contribution in [0, 0.1) is 5.92 Å². The molecule has 28 heavy (non-hydrogen) atoms. The fourth-order valence-corrected chi connectivity index (χ4v) is 3.84. The monoisotopic (exact) mass is 377 g/mol. The lowest BCUT2D eigenvalue weighted by atomic mass is 9.97. The van der Waals surface area contributed by atoms with Gasteiger partial charge in [0.25, 0.3) is 0 Å². The molecule has 1 saturated heterocycles. The number of nitrogens with zero attached hydrogens (tertiary/aromatic N) is 1. The van der Waals surface area contributed by atoms with Crippen LogP contribution in [0.15, 0.2) is 54.6 Å². The number of hydrogen-bond donors (Lipinski definition) is 3. The highest BCUT2D eigenvalue weighted by Gasteiger charge is 2.26. The molecule has 1 amide bonds. The third-order valence-corrected chi connectivity index (χ3v) is 5.21. The molecule has 0 spiro atoms. The van der Waals surface area contributed by atoms with Crippen LogP contribution in [0.3, 0.4) is 0 Å². The van der Waals surface area contributed by atoms with Crippen molar-refractivity contribution in [2.75, 3.05) is 25.0 Å². The van der Waals surface area contributed by atoms with Gasteiger partial charge in [-0.2, -0.15) is 0 Å². The van der Waals surface area contributed by atoms with Crippen molar-refractivity contribution in [2.45, 2.75) is 12.8 Å². The van der Waals surface area contributed by atoms with Crippen LogP contribution in [0.25, 0.3) is 22.2 Å².